The van der Waals surface area contributed by atoms with E-state index in [4.69, 9.17) is 24.5 Å². The lowest BCUT2D eigenvalue weighted by atomic mass is 10.1. The van der Waals surface area contributed by atoms with E-state index in [2.05, 4.69) is 20.0 Å². The van der Waals surface area contributed by atoms with Gasteiger partial charge in [0.1, 0.15) is 18.4 Å². The molecule has 5 atom stereocenters. The number of fused-ring (bicyclic) bond motifs is 1. The summed E-state index contributed by atoms with van der Waals surface area (Å²) in [6.45, 7) is 5.56. The fraction of sp³-hybridized carbons (Fsp3) is 0.714. The average molecular weight is 513 g/mol. The Morgan fingerprint density at radius 1 is 1.40 bits per heavy atom. The molecule has 13 nitrogen and oxygen atoms in total. The number of aromatic nitrogens is 4. The van der Waals surface area contributed by atoms with Crippen LogP contribution in [0.5, 0.6) is 5.88 Å². The number of nitrogens with one attached hydrogen (secondary N) is 1. The molecule has 2 fully saturated rings. The van der Waals surface area contributed by atoms with Crippen molar-refractivity contribution in [3.63, 3.8) is 0 Å². The average Bonchev–Trinajstić information content (AvgIpc) is 3.52. The Morgan fingerprint density at radius 2 is 2.14 bits per heavy atom. The maximum atomic E-state index is 12.5. The molecule has 4 rings (SSSR count). The van der Waals surface area contributed by atoms with Crippen molar-refractivity contribution in [2.24, 2.45) is 5.92 Å². The van der Waals surface area contributed by atoms with Gasteiger partial charge in [0, 0.05) is 5.92 Å². The van der Waals surface area contributed by atoms with Crippen LogP contribution in [0.25, 0.3) is 11.2 Å². The van der Waals surface area contributed by atoms with Crippen molar-refractivity contribution < 1.29 is 33.0 Å². The van der Waals surface area contributed by atoms with E-state index in [1.54, 1.807) is 10.9 Å². The summed E-state index contributed by atoms with van der Waals surface area (Å²) in [7, 11) is -4.26. The molecule has 35 heavy (non-hydrogen) atoms. The number of hydrogen-bond donors (Lipinski definition) is 3. The Labute approximate surface area is 203 Å². The molecule has 0 bridgehead atoms. The van der Waals surface area contributed by atoms with Crippen LogP contribution in [0.2, 0.25) is 0 Å². The number of anilines is 1. The van der Waals surface area contributed by atoms with Crippen molar-refractivity contribution in [1.82, 2.24) is 24.6 Å². The van der Waals surface area contributed by atoms with Gasteiger partial charge in [-0.05, 0) is 46.0 Å². The van der Waals surface area contributed by atoms with E-state index in [-0.39, 0.29) is 24.6 Å². The monoisotopic (exact) mass is 512 g/mol. The maximum absolute atomic E-state index is 12.5. The number of imidazole rings is 1. The minimum Gasteiger partial charge on any atom is -0.476 e. The van der Waals surface area contributed by atoms with Crippen LogP contribution in [0.15, 0.2) is 6.33 Å². The van der Waals surface area contributed by atoms with Crippen molar-refractivity contribution in [2.75, 3.05) is 18.9 Å². The van der Waals surface area contributed by atoms with E-state index < -0.39 is 32.1 Å². The summed E-state index contributed by atoms with van der Waals surface area (Å²) in [4.78, 5) is 35.2. The highest BCUT2D eigenvalue weighted by atomic mass is 31.2. The lowest BCUT2D eigenvalue weighted by Crippen LogP contribution is -2.36. The van der Waals surface area contributed by atoms with Crippen molar-refractivity contribution in [3.05, 3.63) is 6.33 Å². The Kier molecular flexibility index (Phi) is 7.92. The van der Waals surface area contributed by atoms with E-state index in [1.807, 2.05) is 13.8 Å². The maximum Gasteiger partial charge on any atom is 0.403 e. The van der Waals surface area contributed by atoms with Crippen LogP contribution < -0.4 is 15.6 Å². The van der Waals surface area contributed by atoms with Crippen LogP contribution in [0.1, 0.15) is 59.1 Å². The van der Waals surface area contributed by atoms with Crippen molar-refractivity contribution in [3.8, 4) is 5.88 Å². The summed E-state index contributed by atoms with van der Waals surface area (Å²) in [6, 6.07) is -0.982. The normalized spacial score (nSPS) is 25.5. The van der Waals surface area contributed by atoms with Crippen LogP contribution in [-0.4, -0.2) is 61.8 Å². The SMILES string of the molecule is CCOc1nc(N)nc2c1ncn2[C@@H]1O[C@H](COP(=O)(O)N[C@@H](C)C(=O)OC2CCCC2)C[C@@H]1C. The molecule has 2 aromatic rings. The fourth-order valence-corrected chi connectivity index (χ4v) is 5.52. The summed E-state index contributed by atoms with van der Waals surface area (Å²) >= 11 is 0. The van der Waals surface area contributed by atoms with Gasteiger partial charge in [-0.25, -0.2) is 14.6 Å². The summed E-state index contributed by atoms with van der Waals surface area (Å²) in [5.41, 5.74) is 6.79. The first-order valence-electron chi connectivity index (χ1n) is 11.9. The van der Waals surface area contributed by atoms with E-state index in [0.29, 0.717) is 30.1 Å². The highest BCUT2D eigenvalue weighted by Gasteiger charge is 2.37. The molecule has 1 unspecified atom stereocenters. The number of nitrogens with zero attached hydrogens (tertiary/aromatic N) is 4. The summed E-state index contributed by atoms with van der Waals surface area (Å²) in [6.07, 6.45) is 4.81. The third-order valence-electron chi connectivity index (χ3n) is 6.15. The zero-order valence-electron chi connectivity index (χ0n) is 20.1. The zero-order chi connectivity index (χ0) is 25.2. The van der Waals surface area contributed by atoms with Gasteiger partial charge in [-0.1, -0.05) is 6.92 Å². The first kappa shape index (κ1) is 25.8. The molecule has 1 aliphatic heterocycles. The van der Waals surface area contributed by atoms with Gasteiger partial charge < -0.3 is 24.8 Å². The topological polar surface area (TPSA) is 173 Å². The van der Waals surface area contributed by atoms with E-state index in [9.17, 15) is 14.3 Å². The summed E-state index contributed by atoms with van der Waals surface area (Å²) in [5.74, 6) is -0.187. The smallest absolute Gasteiger partial charge is 0.403 e. The summed E-state index contributed by atoms with van der Waals surface area (Å²) < 4.78 is 36.5. The molecule has 2 aromatic heterocycles. The second-order valence-electron chi connectivity index (χ2n) is 9.02. The molecule has 4 N–H and O–H groups in total. The number of rotatable bonds is 10. The van der Waals surface area contributed by atoms with Crippen LogP contribution in [0.4, 0.5) is 5.95 Å². The van der Waals surface area contributed by atoms with Crippen molar-refractivity contribution in [2.45, 2.75) is 77.4 Å². The molecule has 0 spiro atoms. The van der Waals surface area contributed by atoms with Gasteiger partial charge in [-0.3, -0.25) is 13.9 Å². The number of ether oxygens (including phenoxy) is 3. The number of esters is 1. The van der Waals surface area contributed by atoms with Gasteiger partial charge >= 0.3 is 13.7 Å². The molecule has 0 aromatic carbocycles. The number of hydrogen-bond acceptors (Lipinski definition) is 10. The third kappa shape index (κ3) is 6.10. The van der Waals surface area contributed by atoms with Crippen LogP contribution in [0.3, 0.4) is 0 Å². The van der Waals surface area contributed by atoms with Crippen LogP contribution in [-0.2, 0) is 23.4 Å². The quantitative estimate of drug-likeness (QED) is 0.314. The lowest BCUT2D eigenvalue weighted by Gasteiger charge is -2.21. The molecule has 1 aliphatic carbocycles. The number of carbonyl (C=O) groups is 1. The van der Waals surface area contributed by atoms with E-state index >= 15 is 0 Å². The highest BCUT2D eigenvalue weighted by Crippen LogP contribution is 2.41. The summed E-state index contributed by atoms with van der Waals surface area (Å²) in [5, 5.41) is 2.35. The molecule has 2 aliphatic rings. The third-order valence-corrected chi connectivity index (χ3v) is 7.36. The van der Waals surface area contributed by atoms with Gasteiger partial charge in [0.15, 0.2) is 11.2 Å². The lowest BCUT2D eigenvalue weighted by molar-refractivity contribution is -0.150. The van der Waals surface area contributed by atoms with E-state index in [0.717, 1.165) is 25.7 Å². The number of carbonyl (C=O) groups excluding carboxylic acids is 1. The largest absolute Gasteiger partial charge is 0.476 e. The van der Waals surface area contributed by atoms with Crippen LogP contribution >= 0.6 is 7.75 Å². The fourth-order valence-electron chi connectivity index (χ4n) is 4.49. The van der Waals surface area contributed by atoms with Gasteiger partial charge in [0.25, 0.3) is 0 Å². The molecule has 3 heterocycles. The Morgan fingerprint density at radius 3 is 2.86 bits per heavy atom. The minimum atomic E-state index is -4.26. The molecular formula is C21H33N6O7P. The Hall–Kier alpha value is -2.31. The molecule has 1 saturated carbocycles. The first-order valence-corrected chi connectivity index (χ1v) is 13.5. The Bertz CT molecular complexity index is 1090. The number of nitrogens with two attached hydrogens (primary N) is 1. The highest BCUT2D eigenvalue weighted by molar-refractivity contribution is 7.50. The van der Waals surface area contributed by atoms with Gasteiger partial charge in [0.2, 0.25) is 11.8 Å². The van der Waals surface area contributed by atoms with Crippen molar-refractivity contribution in [1.29, 1.82) is 0 Å². The van der Waals surface area contributed by atoms with E-state index in [1.165, 1.54) is 6.92 Å². The Balaban J connectivity index is 1.35. The van der Waals surface area contributed by atoms with Gasteiger partial charge in [-0.15, -0.1) is 0 Å². The second kappa shape index (κ2) is 10.8. The molecule has 0 radical (unpaired) electrons. The predicted octanol–water partition coefficient (Wildman–Crippen LogP) is 2.31. The standard InChI is InChI=1S/C21H33N6O7P/c1-4-31-18-16-17(24-21(22)25-18)27(11-23-16)19-12(2)9-15(33-19)10-32-35(29,30)26-13(3)20(28)34-14-7-5-6-8-14/h11-15,19H,4-10H2,1-3H3,(H2,22,24,25)(H2,26,29,30)/t12-,13-,15-,19+/m0/s1. The van der Waals surface area contributed by atoms with Gasteiger partial charge in [0.05, 0.1) is 25.6 Å². The molecule has 194 valence electrons. The molecule has 0 amide bonds. The second-order valence-corrected chi connectivity index (χ2v) is 10.6. The molecular weight excluding hydrogens is 479 g/mol. The molecule has 1 saturated heterocycles. The number of nitrogen functional groups attached to an aromatic ring is 1. The van der Waals surface area contributed by atoms with Gasteiger partial charge in [-0.2, -0.15) is 9.97 Å². The zero-order valence-corrected chi connectivity index (χ0v) is 21.0. The minimum absolute atomic E-state index is 0.0269. The van der Waals surface area contributed by atoms with Crippen LogP contribution in [0, 0.1) is 5.92 Å². The first-order chi connectivity index (χ1) is 16.7. The molecule has 14 heteroatoms. The predicted molar refractivity (Wildman–Crippen MR) is 125 cm³/mol. The van der Waals surface area contributed by atoms with Crippen molar-refractivity contribution >= 4 is 30.8 Å².